The normalized spacial score (nSPS) is 26.4. The van der Waals surface area contributed by atoms with E-state index in [1.165, 1.54) is 0 Å². The second kappa shape index (κ2) is 4.68. The van der Waals surface area contributed by atoms with Gasteiger partial charge in [-0.3, -0.25) is 10.9 Å². The summed E-state index contributed by atoms with van der Waals surface area (Å²) in [4.78, 5) is 0.451. The van der Waals surface area contributed by atoms with E-state index >= 15 is 0 Å². The lowest BCUT2D eigenvalue weighted by atomic mass is 10.2. The molecule has 14 heavy (non-hydrogen) atoms. The molecular formula is C8H12BrN5. The molecule has 2 heterocycles. The minimum absolute atomic E-state index is 0.372. The van der Waals surface area contributed by atoms with Crippen LogP contribution in [0.3, 0.4) is 0 Å². The Morgan fingerprint density at radius 1 is 1.64 bits per heavy atom. The zero-order valence-corrected chi connectivity index (χ0v) is 9.16. The molecule has 3 N–H and O–H groups in total. The molecule has 0 bridgehead atoms. The Balaban J connectivity index is 1.82. The van der Waals surface area contributed by atoms with Crippen molar-refractivity contribution in [2.75, 3.05) is 18.4 Å². The van der Waals surface area contributed by atoms with Gasteiger partial charge in [0.2, 0.25) is 0 Å². The average Bonchev–Trinajstić information content (AvgIpc) is 2.63. The van der Waals surface area contributed by atoms with E-state index in [0.29, 0.717) is 10.9 Å². The van der Waals surface area contributed by atoms with Crippen molar-refractivity contribution >= 4 is 21.7 Å². The molecule has 6 heteroatoms. The summed E-state index contributed by atoms with van der Waals surface area (Å²) >= 11 is 3.58. The average molecular weight is 258 g/mol. The number of hydrazine groups is 1. The first-order valence-corrected chi connectivity index (χ1v) is 5.42. The number of halogens is 1. The molecule has 0 spiro atoms. The molecule has 76 valence electrons. The molecule has 1 fully saturated rings. The fraction of sp³-hybridized carbons (Fsp3) is 0.500. The molecule has 2 rings (SSSR count). The van der Waals surface area contributed by atoms with E-state index < -0.39 is 0 Å². The molecule has 0 radical (unpaired) electrons. The zero-order valence-electron chi connectivity index (χ0n) is 7.57. The minimum Gasteiger partial charge on any atom is -0.367 e. The van der Waals surface area contributed by atoms with E-state index in [1.807, 2.05) is 12.1 Å². The van der Waals surface area contributed by atoms with E-state index in [1.54, 1.807) is 6.20 Å². The van der Waals surface area contributed by atoms with Crippen molar-refractivity contribution in [3.63, 3.8) is 0 Å². The summed E-state index contributed by atoms with van der Waals surface area (Å²) in [6.45, 7) is 1.76. The molecular weight excluding hydrogens is 246 g/mol. The van der Waals surface area contributed by atoms with Gasteiger partial charge < -0.3 is 5.32 Å². The molecule has 0 aliphatic carbocycles. The SMILES string of the molecule is BrC1CNNC1CNc1cccnn1. The van der Waals surface area contributed by atoms with Gasteiger partial charge in [-0.1, -0.05) is 15.9 Å². The predicted molar refractivity (Wildman–Crippen MR) is 58.2 cm³/mol. The van der Waals surface area contributed by atoms with E-state index in [-0.39, 0.29) is 0 Å². The Morgan fingerprint density at radius 3 is 3.21 bits per heavy atom. The van der Waals surface area contributed by atoms with Gasteiger partial charge in [-0.15, -0.1) is 5.10 Å². The van der Waals surface area contributed by atoms with Crippen LogP contribution in [0.1, 0.15) is 0 Å². The Morgan fingerprint density at radius 2 is 2.57 bits per heavy atom. The topological polar surface area (TPSA) is 61.9 Å². The van der Waals surface area contributed by atoms with Crippen molar-refractivity contribution < 1.29 is 0 Å². The fourth-order valence-corrected chi connectivity index (χ4v) is 1.79. The van der Waals surface area contributed by atoms with Crippen LogP contribution in [0, 0.1) is 0 Å². The second-order valence-corrected chi connectivity index (χ2v) is 4.31. The first kappa shape index (κ1) is 9.82. The highest BCUT2D eigenvalue weighted by molar-refractivity contribution is 9.09. The van der Waals surface area contributed by atoms with Crippen LogP contribution in [-0.4, -0.2) is 34.2 Å². The predicted octanol–water partition coefficient (Wildman–Crippen LogP) is 0.128. The summed E-state index contributed by atoms with van der Waals surface area (Å²) in [6.07, 6.45) is 1.66. The van der Waals surface area contributed by atoms with Crippen molar-refractivity contribution in [1.82, 2.24) is 21.0 Å². The van der Waals surface area contributed by atoms with Crippen LogP contribution in [0.2, 0.25) is 0 Å². The number of hydrogen-bond acceptors (Lipinski definition) is 5. The van der Waals surface area contributed by atoms with Gasteiger partial charge in [-0.25, -0.2) is 0 Å². The molecule has 2 atom stereocenters. The Hall–Kier alpha value is -0.720. The molecule has 1 aromatic rings. The third-order valence-electron chi connectivity index (χ3n) is 2.10. The van der Waals surface area contributed by atoms with Gasteiger partial charge in [0.15, 0.2) is 0 Å². The summed E-state index contributed by atoms with van der Waals surface area (Å²) in [5.74, 6) is 0.806. The van der Waals surface area contributed by atoms with Crippen LogP contribution in [0.15, 0.2) is 18.3 Å². The van der Waals surface area contributed by atoms with Crippen molar-refractivity contribution in [3.05, 3.63) is 18.3 Å². The maximum atomic E-state index is 3.94. The first-order chi connectivity index (χ1) is 6.86. The van der Waals surface area contributed by atoms with Crippen LogP contribution in [0.4, 0.5) is 5.82 Å². The molecule has 0 saturated carbocycles. The summed E-state index contributed by atoms with van der Waals surface area (Å²) in [5.41, 5.74) is 6.25. The molecule has 1 aromatic heterocycles. The second-order valence-electron chi connectivity index (χ2n) is 3.14. The van der Waals surface area contributed by atoms with Gasteiger partial charge in [0, 0.05) is 24.1 Å². The van der Waals surface area contributed by atoms with Crippen molar-refractivity contribution in [2.45, 2.75) is 10.9 Å². The smallest absolute Gasteiger partial charge is 0.148 e. The van der Waals surface area contributed by atoms with Gasteiger partial charge in [0.1, 0.15) is 5.82 Å². The van der Waals surface area contributed by atoms with Crippen LogP contribution < -0.4 is 16.2 Å². The summed E-state index contributed by atoms with van der Waals surface area (Å²) in [7, 11) is 0. The Kier molecular flexibility index (Phi) is 3.28. The molecule has 1 saturated heterocycles. The third-order valence-corrected chi connectivity index (χ3v) is 3.06. The zero-order chi connectivity index (χ0) is 9.80. The summed E-state index contributed by atoms with van der Waals surface area (Å²) < 4.78 is 0. The highest BCUT2D eigenvalue weighted by Crippen LogP contribution is 2.09. The highest BCUT2D eigenvalue weighted by atomic mass is 79.9. The Bertz CT molecular complexity index is 280. The number of aromatic nitrogens is 2. The molecule has 1 aliphatic rings. The lowest BCUT2D eigenvalue weighted by molar-refractivity contribution is 0.578. The van der Waals surface area contributed by atoms with E-state index in [2.05, 4.69) is 42.3 Å². The summed E-state index contributed by atoms with van der Waals surface area (Å²) in [5, 5.41) is 10.9. The number of alkyl halides is 1. The quantitative estimate of drug-likeness (QED) is 0.673. The van der Waals surface area contributed by atoms with Gasteiger partial charge in [-0.2, -0.15) is 5.10 Å². The van der Waals surface area contributed by atoms with Crippen molar-refractivity contribution in [1.29, 1.82) is 0 Å². The minimum atomic E-state index is 0.372. The lowest BCUT2D eigenvalue weighted by Gasteiger charge is -2.13. The lowest BCUT2D eigenvalue weighted by Crippen LogP contribution is -2.37. The monoisotopic (exact) mass is 257 g/mol. The standard InChI is InChI=1S/C8H12BrN5/c9-6-4-12-13-7(6)5-10-8-2-1-3-11-14-8/h1-3,6-7,12-13H,4-5H2,(H,10,14). The van der Waals surface area contributed by atoms with Gasteiger partial charge in [0.05, 0.1) is 6.04 Å². The van der Waals surface area contributed by atoms with Crippen molar-refractivity contribution in [3.8, 4) is 0 Å². The Labute approximate surface area is 90.8 Å². The van der Waals surface area contributed by atoms with Crippen LogP contribution in [-0.2, 0) is 0 Å². The molecule has 0 amide bonds. The summed E-state index contributed by atoms with van der Waals surface area (Å²) in [6, 6.07) is 4.14. The van der Waals surface area contributed by atoms with Crippen LogP contribution in [0.25, 0.3) is 0 Å². The van der Waals surface area contributed by atoms with Crippen LogP contribution in [0.5, 0.6) is 0 Å². The number of rotatable bonds is 3. The number of nitrogens with zero attached hydrogens (tertiary/aromatic N) is 2. The van der Waals surface area contributed by atoms with E-state index in [9.17, 15) is 0 Å². The van der Waals surface area contributed by atoms with Crippen LogP contribution >= 0.6 is 15.9 Å². The molecule has 1 aliphatic heterocycles. The molecule has 0 aromatic carbocycles. The highest BCUT2D eigenvalue weighted by Gasteiger charge is 2.23. The number of hydrogen-bond donors (Lipinski definition) is 3. The maximum Gasteiger partial charge on any atom is 0.148 e. The third kappa shape index (κ3) is 2.40. The number of anilines is 1. The van der Waals surface area contributed by atoms with E-state index in [4.69, 9.17) is 0 Å². The van der Waals surface area contributed by atoms with Gasteiger partial charge >= 0.3 is 0 Å². The maximum absolute atomic E-state index is 3.94. The fourth-order valence-electron chi connectivity index (χ4n) is 1.31. The molecule has 5 nitrogen and oxygen atoms in total. The number of nitrogens with one attached hydrogen (secondary N) is 3. The van der Waals surface area contributed by atoms with Gasteiger partial charge in [-0.05, 0) is 12.1 Å². The van der Waals surface area contributed by atoms with Crippen molar-refractivity contribution in [2.24, 2.45) is 0 Å². The first-order valence-electron chi connectivity index (χ1n) is 4.50. The van der Waals surface area contributed by atoms with E-state index in [0.717, 1.165) is 18.9 Å². The molecule has 2 unspecified atom stereocenters. The van der Waals surface area contributed by atoms with Gasteiger partial charge in [0.25, 0.3) is 0 Å². The largest absolute Gasteiger partial charge is 0.367 e.